The van der Waals surface area contributed by atoms with Gasteiger partial charge in [-0.15, -0.1) is 0 Å². The normalized spacial score (nSPS) is 7.91. The molecule has 0 spiro atoms. The molecule has 0 aliphatic heterocycles. The number of benzene rings is 1. The van der Waals surface area contributed by atoms with E-state index in [1.165, 1.54) is 5.56 Å². The van der Waals surface area contributed by atoms with Gasteiger partial charge in [-0.2, -0.15) is 0 Å². The summed E-state index contributed by atoms with van der Waals surface area (Å²) in [5.41, 5.74) is 2.38. The van der Waals surface area contributed by atoms with E-state index in [9.17, 15) is 0 Å². The molecule has 1 radical (unpaired) electrons. The second-order valence-electron chi connectivity index (χ2n) is 3.04. The molecular weight excluding hydrogens is 399 g/mol. The average molecular weight is 417 g/mol. The van der Waals surface area contributed by atoms with Gasteiger partial charge in [0.1, 0.15) is 0 Å². The van der Waals surface area contributed by atoms with Crippen LogP contribution in [0, 0.1) is 0 Å². The van der Waals surface area contributed by atoms with E-state index in [4.69, 9.17) is 17.5 Å². The molecule has 9 N–H and O–H groups in total. The number of nitrogens with two attached hydrogens (primary N) is 4. The van der Waals surface area contributed by atoms with Gasteiger partial charge in [0, 0.05) is 12.4 Å². The topological polar surface area (TPSA) is 224 Å². The molecular formula is C11H18N5O4RuS-2. The molecule has 0 atom stereocenters. The molecule has 0 saturated carbocycles. The van der Waals surface area contributed by atoms with Gasteiger partial charge in [-0.25, -0.2) is 8.42 Å². The summed E-state index contributed by atoms with van der Waals surface area (Å²) in [5.74, 6) is 0. The largest absolute Gasteiger partial charge is 3.00 e. The first-order chi connectivity index (χ1) is 7.97. The molecule has 0 aliphatic rings. The van der Waals surface area contributed by atoms with Gasteiger partial charge < -0.3 is 29.2 Å². The maximum Gasteiger partial charge on any atom is 3.00 e. The van der Waals surface area contributed by atoms with Gasteiger partial charge in [-0.3, -0.25) is 9.54 Å². The molecule has 1 aromatic heterocycles. The fraction of sp³-hybridized carbons (Fsp3) is 0. The van der Waals surface area contributed by atoms with E-state index in [-0.39, 0.29) is 44.1 Å². The number of pyridine rings is 1. The number of nitrogens with zero attached hydrogens (tertiary/aromatic N) is 1. The minimum Gasteiger partial charge on any atom is -0.726 e. The summed E-state index contributed by atoms with van der Waals surface area (Å²) >= 11 is 0. The van der Waals surface area contributed by atoms with Crippen molar-refractivity contribution in [1.82, 2.24) is 4.98 Å². The van der Waals surface area contributed by atoms with Crippen LogP contribution in [0.25, 0.3) is 35.7 Å². The molecule has 0 unspecified atom stereocenters. The van der Waals surface area contributed by atoms with Crippen LogP contribution in [0.5, 0.6) is 0 Å². The Morgan fingerprint density at radius 2 is 1.27 bits per heavy atom. The first kappa shape index (κ1) is 32.6. The van der Waals surface area contributed by atoms with Gasteiger partial charge in [0.05, 0.1) is 0 Å². The Balaban J connectivity index is -0.0000000870. The number of aromatic nitrogens is 1. The molecule has 0 saturated heterocycles. The molecule has 127 valence electrons. The van der Waals surface area contributed by atoms with Crippen LogP contribution in [0.3, 0.4) is 0 Å². The molecule has 1 heterocycles. The van der Waals surface area contributed by atoms with E-state index >= 15 is 0 Å². The van der Waals surface area contributed by atoms with Crippen molar-refractivity contribution in [3.63, 3.8) is 0 Å². The monoisotopic (exact) mass is 418 g/mol. The van der Waals surface area contributed by atoms with Crippen molar-refractivity contribution in [2.75, 3.05) is 0 Å². The van der Waals surface area contributed by atoms with Crippen molar-refractivity contribution in [3.05, 3.63) is 79.5 Å². The number of hydrogen-bond acceptors (Lipinski definition) is 4. The predicted octanol–water partition coefficient (Wildman–Crippen LogP) is 4.62. The third kappa shape index (κ3) is 16.8. The standard InChI is InChI=1S/C11H9N.4H2N.H2O4S.Ru/c1-2-5-10(6-3-1)11-7-4-8-12-9-11;;;;;1-5(2,3)4;/h1-9H;4*1H2;(H2,1,2,3,4);/q;4*-1;;+3/p-1. The fourth-order valence-corrected chi connectivity index (χ4v) is 1.16. The van der Waals surface area contributed by atoms with Crippen molar-refractivity contribution in [3.8, 4) is 11.1 Å². The zero-order valence-electron chi connectivity index (χ0n) is 11.4. The van der Waals surface area contributed by atoms with Crippen LogP contribution in [0.4, 0.5) is 0 Å². The minimum absolute atomic E-state index is 0. The Bertz CT molecular complexity index is 512. The molecule has 0 aliphatic carbocycles. The fourth-order valence-electron chi connectivity index (χ4n) is 1.16. The molecule has 9 nitrogen and oxygen atoms in total. The maximum atomic E-state index is 8.63. The average Bonchev–Trinajstić information content (AvgIpc) is 2.29. The summed E-state index contributed by atoms with van der Waals surface area (Å²) in [6, 6.07) is 14.2. The molecule has 2 aromatic rings. The van der Waals surface area contributed by atoms with Crippen molar-refractivity contribution >= 4 is 10.4 Å². The van der Waals surface area contributed by atoms with Crippen LogP contribution in [-0.2, 0) is 29.9 Å². The molecule has 0 fully saturated rings. The van der Waals surface area contributed by atoms with E-state index < -0.39 is 10.4 Å². The summed E-state index contributed by atoms with van der Waals surface area (Å²) in [6.45, 7) is 0. The molecule has 22 heavy (non-hydrogen) atoms. The van der Waals surface area contributed by atoms with Crippen LogP contribution in [0.2, 0.25) is 0 Å². The van der Waals surface area contributed by atoms with E-state index in [1.54, 1.807) is 6.20 Å². The van der Waals surface area contributed by atoms with Gasteiger partial charge >= 0.3 is 19.5 Å². The first-order valence-corrected chi connectivity index (χ1v) is 5.97. The van der Waals surface area contributed by atoms with Crippen molar-refractivity contribution in [2.45, 2.75) is 0 Å². The van der Waals surface area contributed by atoms with E-state index in [1.807, 2.05) is 30.5 Å². The SMILES string of the molecule is O=S(=O)([O-])O.[NH2-].[NH2-].[NH2-].[NH2-].[Ru+3].c1ccc(-c2cccnc2)cc1. The van der Waals surface area contributed by atoms with Crippen molar-refractivity contribution < 1.29 is 37.0 Å². The Morgan fingerprint density at radius 1 is 0.864 bits per heavy atom. The Hall–Kier alpha value is -1.30. The molecule has 2 rings (SSSR count). The van der Waals surface area contributed by atoms with Crippen LogP contribution in [-0.4, -0.2) is 22.5 Å². The quantitative estimate of drug-likeness (QED) is 0.396. The van der Waals surface area contributed by atoms with E-state index in [0.717, 1.165) is 5.56 Å². The van der Waals surface area contributed by atoms with Gasteiger partial charge in [-0.05, 0) is 17.2 Å². The summed E-state index contributed by atoms with van der Waals surface area (Å²) in [6.07, 6.45) is 3.65. The third-order valence-electron chi connectivity index (χ3n) is 1.77. The Kier molecular flexibility index (Phi) is 23.8. The van der Waals surface area contributed by atoms with Gasteiger partial charge in [0.15, 0.2) is 0 Å². The van der Waals surface area contributed by atoms with Crippen LogP contribution in [0.15, 0.2) is 54.9 Å². The maximum absolute atomic E-state index is 8.63. The summed E-state index contributed by atoms with van der Waals surface area (Å²) in [5, 5.41) is 0. The summed E-state index contributed by atoms with van der Waals surface area (Å²) < 4.78 is 32.8. The zero-order chi connectivity index (χ0) is 12.7. The van der Waals surface area contributed by atoms with Crippen molar-refractivity contribution in [1.29, 1.82) is 0 Å². The third-order valence-corrected chi connectivity index (χ3v) is 1.77. The zero-order valence-corrected chi connectivity index (χ0v) is 13.9. The molecule has 11 heteroatoms. The van der Waals surface area contributed by atoms with Crippen LogP contribution in [0.1, 0.15) is 0 Å². The minimum atomic E-state index is -4.92. The summed E-state index contributed by atoms with van der Waals surface area (Å²) in [7, 11) is -4.92. The van der Waals surface area contributed by atoms with E-state index in [0.29, 0.717) is 0 Å². The van der Waals surface area contributed by atoms with Crippen LogP contribution < -0.4 is 0 Å². The van der Waals surface area contributed by atoms with Gasteiger partial charge in [0.2, 0.25) is 10.4 Å². The van der Waals surface area contributed by atoms with Gasteiger partial charge in [-0.1, -0.05) is 36.4 Å². The Labute approximate surface area is 143 Å². The Morgan fingerprint density at radius 3 is 1.64 bits per heavy atom. The number of hydrogen-bond donors (Lipinski definition) is 1. The second kappa shape index (κ2) is 16.1. The molecule has 0 amide bonds. The van der Waals surface area contributed by atoms with Crippen molar-refractivity contribution in [2.24, 2.45) is 0 Å². The molecule has 0 bridgehead atoms. The second-order valence-corrected chi connectivity index (χ2v) is 3.89. The molecule has 1 aromatic carbocycles. The van der Waals surface area contributed by atoms with E-state index in [2.05, 4.69) is 23.2 Å². The number of rotatable bonds is 1. The van der Waals surface area contributed by atoms with Crippen LogP contribution >= 0.6 is 0 Å². The summed E-state index contributed by atoms with van der Waals surface area (Å²) in [4.78, 5) is 4.06. The van der Waals surface area contributed by atoms with Gasteiger partial charge in [0.25, 0.3) is 0 Å². The predicted molar refractivity (Wildman–Crippen MR) is 83.1 cm³/mol. The smallest absolute Gasteiger partial charge is 0.726 e. The first-order valence-electron chi connectivity index (χ1n) is 4.60.